The van der Waals surface area contributed by atoms with Crippen molar-refractivity contribution >= 4 is 22.3 Å². The van der Waals surface area contributed by atoms with Crippen molar-refractivity contribution in [3.63, 3.8) is 0 Å². The van der Waals surface area contributed by atoms with Crippen LogP contribution >= 0.6 is 0 Å². The van der Waals surface area contributed by atoms with Gasteiger partial charge in [0, 0.05) is 34.9 Å². The molecule has 0 saturated heterocycles. The van der Waals surface area contributed by atoms with Crippen LogP contribution in [0.25, 0.3) is 22.0 Å². The Balaban J connectivity index is 1.58. The Kier molecular flexibility index (Phi) is 4.75. The number of fused-ring (bicyclic) bond motifs is 1. The summed E-state index contributed by atoms with van der Waals surface area (Å²) in [6.45, 7) is 2.79. The van der Waals surface area contributed by atoms with E-state index in [9.17, 15) is 9.59 Å². The van der Waals surface area contributed by atoms with Crippen molar-refractivity contribution < 1.29 is 0 Å². The van der Waals surface area contributed by atoms with Crippen molar-refractivity contribution in [3.8, 4) is 11.1 Å². The molecule has 5 rings (SSSR count). The van der Waals surface area contributed by atoms with Crippen LogP contribution in [0.3, 0.4) is 0 Å². The molecular weight excluding hydrogens is 384 g/mol. The van der Waals surface area contributed by atoms with E-state index in [0.717, 1.165) is 28.6 Å². The Bertz CT molecular complexity index is 1440. The molecule has 0 aliphatic heterocycles. The third kappa shape index (κ3) is 3.36. The molecule has 0 unspecified atom stereocenters. The Morgan fingerprint density at radius 1 is 0.774 bits per heavy atom. The number of para-hydroxylation sites is 1. The Morgan fingerprint density at radius 3 is 2.23 bits per heavy atom. The summed E-state index contributed by atoms with van der Waals surface area (Å²) in [5, 5.41) is 4.15. The van der Waals surface area contributed by atoms with Crippen LogP contribution in [0.15, 0.2) is 94.6 Å². The van der Waals surface area contributed by atoms with Crippen LogP contribution in [0.1, 0.15) is 18.1 Å². The molecular formula is C27H22N2O2. The van der Waals surface area contributed by atoms with E-state index in [2.05, 4.69) is 28.9 Å². The topological polar surface area (TPSA) is 51.1 Å². The molecule has 1 aromatic heterocycles. The quantitative estimate of drug-likeness (QED) is 0.392. The fourth-order valence-corrected chi connectivity index (χ4v) is 4.09. The van der Waals surface area contributed by atoms with Crippen molar-refractivity contribution in [1.82, 2.24) is 4.57 Å². The molecule has 0 saturated carbocycles. The van der Waals surface area contributed by atoms with Gasteiger partial charge in [0.05, 0.1) is 5.56 Å². The van der Waals surface area contributed by atoms with E-state index in [0.29, 0.717) is 17.8 Å². The number of hydrogen-bond donors (Lipinski definition) is 1. The van der Waals surface area contributed by atoms with E-state index in [1.165, 1.54) is 11.1 Å². The van der Waals surface area contributed by atoms with Gasteiger partial charge in [-0.2, -0.15) is 0 Å². The van der Waals surface area contributed by atoms with Crippen molar-refractivity contribution in [1.29, 1.82) is 0 Å². The van der Waals surface area contributed by atoms with Crippen LogP contribution in [0.4, 0.5) is 11.4 Å². The number of aryl methyl sites for hydroxylation is 1. The van der Waals surface area contributed by atoms with Gasteiger partial charge in [-0.15, -0.1) is 0 Å². The second-order valence-corrected chi connectivity index (χ2v) is 7.76. The fraction of sp³-hybridized carbons (Fsp3) is 0.111. The second kappa shape index (κ2) is 7.73. The SMILES string of the molecule is CCc1ccc(Nc2c(-c3cn(Cc4ccccc4)c4ccccc34)c(=O)c2=O)cc1. The highest BCUT2D eigenvalue weighted by atomic mass is 16.2. The maximum absolute atomic E-state index is 12.6. The first kappa shape index (κ1) is 19.1. The van der Waals surface area contributed by atoms with E-state index in [1.54, 1.807) is 0 Å². The lowest BCUT2D eigenvalue weighted by Crippen LogP contribution is -2.35. The van der Waals surface area contributed by atoms with Gasteiger partial charge >= 0.3 is 0 Å². The maximum Gasteiger partial charge on any atom is 0.250 e. The van der Waals surface area contributed by atoms with E-state index >= 15 is 0 Å². The molecule has 0 fully saturated rings. The largest absolute Gasteiger partial charge is 0.352 e. The Labute approximate surface area is 180 Å². The van der Waals surface area contributed by atoms with Gasteiger partial charge in [-0.1, -0.05) is 67.6 Å². The lowest BCUT2D eigenvalue weighted by molar-refractivity contribution is 0.837. The molecule has 31 heavy (non-hydrogen) atoms. The highest BCUT2D eigenvalue weighted by Crippen LogP contribution is 2.34. The van der Waals surface area contributed by atoms with Crippen LogP contribution in [0.2, 0.25) is 0 Å². The Hall–Kier alpha value is -3.92. The first-order valence-corrected chi connectivity index (χ1v) is 10.5. The highest BCUT2D eigenvalue weighted by Gasteiger charge is 2.25. The standard InChI is InChI=1S/C27H22N2O2/c1-2-18-12-14-20(15-13-18)28-25-24(26(30)27(25)31)22-17-29(16-19-8-4-3-5-9-19)23-11-7-6-10-21(22)23/h3-15,17,28H,2,16H2,1H3. The molecule has 5 aromatic rings. The predicted octanol–water partition coefficient (Wildman–Crippen LogP) is 5.26. The third-order valence-electron chi connectivity index (χ3n) is 5.80. The summed E-state index contributed by atoms with van der Waals surface area (Å²) in [4.78, 5) is 25.0. The number of hydrogen-bond acceptors (Lipinski definition) is 3. The van der Waals surface area contributed by atoms with Gasteiger partial charge in [-0.05, 0) is 35.7 Å². The molecule has 0 bridgehead atoms. The number of rotatable bonds is 6. The zero-order valence-electron chi connectivity index (χ0n) is 17.3. The monoisotopic (exact) mass is 406 g/mol. The van der Waals surface area contributed by atoms with E-state index in [1.807, 2.05) is 72.9 Å². The molecule has 152 valence electrons. The summed E-state index contributed by atoms with van der Waals surface area (Å²) in [5.74, 6) is 0. The molecule has 0 spiro atoms. The summed E-state index contributed by atoms with van der Waals surface area (Å²) in [6.07, 6.45) is 2.94. The first-order valence-electron chi connectivity index (χ1n) is 10.5. The minimum atomic E-state index is -0.463. The number of nitrogens with one attached hydrogen (secondary N) is 1. The molecule has 0 amide bonds. The number of aromatic nitrogens is 1. The Morgan fingerprint density at radius 2 is 1.48 bits per heavy atom. The molecule has 4 nitrogen and oxygen atoms in total. The van der Waals surface area contributed by atoms with Gasteiger partial charge in [-0.25, -0.2) is 0 Å². The molecule has 4 aromatic carbocycles. The number of anilines is 2. The van der Waals surface area contributed by atoms with Gasteiger partial charge in [0.25, 0.3) is 5.43 Å². The molecule has 0 aliphatic carbocycles. The summed E-state index contributed by atoms with van der Waals surface area (Å²) in [5.41, 5.74) is 4.97. The van der Waals surface area contributed by atoms with Crippen LogP contribution < -0.4 is 16.2 Å². The number of nitrogens with zero attached hydrogens (tertiary/aromatic N) is 1. The molecule has 0 aliphatic rings. The second-order valence-electron chi connectivity index (χ2n) is 7.76. The summed E-state index contributed by atoms with van der Waals surface area (Å²) in [7, 11) is 0. The average molecular weight is 406 g/mol. The molecule has 1 heterocycles. The van der Waals surface area contributed by atoms with Crippen LogP contribution in [0, 0.1) is 0 Å². The first-order chi connectivity index (χ1) is 15.2. The molecule has 4 heteroatoms. The van der Waals surface area contributed by atoms with Gasteiger partial charge in [0.2, 0.25) is 5.43 Å². The van der Waals surface area contributed by atoms with Gasteiger partial charge in [0.15, 0.2) is 0 Å². The predicted molar refractivity (Wildman–Crippen MR) is 127 cm³/mol. The third-order valence-corrected chi connectivity index (χ3v) is 5.80. The molecule has 0 atom stereocenters. The minimum Gasteiger partial charge on any atom is -0.352 e. The smallest absolute Gasteiger partial charge is 0.250 e. The maximum atomic E-state index is 12.6. The van der Waals surface area contributed by atoms with Crippen molar-refractivity contribution in [2.75, 3.05) is 5.32 Å². The van der Waals surface area contributed by atoms with Gasteiger partial charge in [0.1, 0.15) is 5.69 Å². The summed E-state index contributed by atoms with van der Waals surface area (Å²) >= 11 is 0. The average Bonchev–Trinajstić information content (AvgIpc) is 3.17. The fourth-order valence-electron chi connectivity index (χ4n) is 4.09. The van der Waals surface area contributed by atoms with Crippen LogP contribution in [-0.2, 0) is 13.0 Å². The zero-order valence-corrected chi connectivity index (χ0v) is 17.3. The minimum absolute atomic E-state index is 0.372. The zero-order chi connectivity index (χ0) is 21.4. The van der Waals surface area contributed by atoms with Crippen molar-refractivity contribution in [2.24, 2.45) is 0 Å². The van der Waals surface area contributed by atoms with Crippen molar-refractivity contribution in [3.05, 3.63) is 117 Å². The summed E-state index contributed by atoms with van der Waals surface area (Å²) in [6, 6.07) is 26.1. The highest BCUT2D eigenvalue weighted by molar-refractivity contribution is 6.01. The van der Waals surface area contributed by atoms with Gasteiger partial charge < -0.3 is 9.88 Å². The van der Waals surface area contributed by atoms with Gasteiger partial charge in [-0.3, -0.25) is 9.59 Å². The van der Waals surface area contributed by atoms with E-state index in [-0.39, 0.29) is 0 Å². The van der Waals surface area contributed by atoms with E-state index < -0.39 is 10.9 Å². The lowest BCUT2D eigenvalue weighted by Gasteiger charge is -2.13. The normalized spacial score (nSPS) is 11.3. The number of benzene rings is 3. The lowest BCUT2D eigenvalue weighted by atomic mass is 9.98. The van der Waals surface area contributed by atoms with Crippen LogP contribution in [0.5, 0.6) is 0 Å². The molecule has 0 radical (unpaired) electrons. The summed E-state index contributed by atoms with van der Waals surface area (Å²) < 4.78 is 2.14. The van der Waals surface area contributed by atoms with E-state index in [4.69, 9.17) is 0 Å². The van der Waals surface area contributed by atoms with Crippen molar-refractivity contribution in [2.45, 2.75) is 19.9 Å². The molecule has 1 N–H and O–H groups in total. The van der Waals surface area contributed by atoms with Crippen LogP contribution in [-0.4, -0.2) is 4.57 Å².